The SMILES string of the molecule is [N-]=C(CCC#Cc1ccccc1)c1ccccc1.[PdH+]. The Morgan fingerprint density at radius 2 is 1.47 bits per heavy atom. The second-order valence-electron chi connectivity index (χ2n) is 3.98. The molecule has 1 nitrogen and oxygen atoms in total. The van der Waals surface area contributed by atoms with Crippen molar-refractivity contribution in [3.8, 4) is 11.8 Å². The van der Waals surface area contributed by atoms with E-state index in [1.165, 1.54) is 0 Å². The number of hydrogen-bond donors (Lipinski definition) is 0. The quantitative estimate of drug-likeness (QED) is 0.463. The Morgan fingerprint density at radius 1 is 0.895 bits per heavy atom. The fourth-order valence-electron chi connectivity index (χ4n) is 1.64. The van der Waals surface area contributed by atoms with Crippen LogP contribution >= 0.6 is 0 Å². The zero-order valence-electron chi connectivity index (χ0n) is 10.5. The van der Waals surface area contributed by atoms with E-state index in [1.807, 2.05) is 60.7 Å². The summed E-state index contributed by atoms with van der Waals surface area (Å²) in [5.74, 6) is 6.15. The molecule has 2 aromatic carbocycles. The van der Waals surface area contributed by atoms with E-state index in [2.05, 4.69) is 11.8 Å². The van der Waals surface area contributed by atoms with Crippen LogP contribution in [0.1, 0.15) is 24.0 Å². The Bertz CT molecular complexity index is 564. The molecule has 2 aromatic rings. The summed E-state index contributed by atoms with van der Waals surface area (Å²) in [5, 5.41) is 9.87. The van der Waals surface area contributed by atoms with Crippen LogP contribution in [0.25, 0.3) is 5.41 Å². The second-order valence-corrected chi connectivity index (χ2v) is 3.98. The van der Waals surface area contributed by atoms with Crippen molar-refractivity contribution in [2.75, 3.05) is 0 Å². The predicted molar refractivity (Wildman–Crippen MR) is 77.9 cm³/mol. The van der Waals surface area contributed by atoms with Gasteiger partial charge in [-0.25, -0.2) is 0 Å². The molecule has 0 aliphatic heterocycles. The predicted octanol–water partition coefficient (Wildman–Crippen LogP) is 3.61. The molecule has 98 valence electrons. The van der Waals surface area contributed by atoms with Gasteiger partial charge in [0.05, 0.1) is 0 Å². The van der Waals surface area contributed by atoms with Crippen LogP contribution in [-0.4, -0.2) is 5.71 Å². The Hall–Kier alpha value is -1.67. The molecule has 0 aliphatic rings. The molecule has 0 aromatic heterocycles. The third-order valence-electron chi connectivity index (χ3n) is 2.60. The van der Waals surface area contributed by atoms with Crippen LogP contribution in [0.3, 0.4) is 0 Å². The summed E-state index contributed by atoms with van der Waals surface area (Å²) in [4.78, 5) is 0. The maximum atomic E-state index is 9.87. The summed E-state index contributed by atoms with van der Waals surface area (Å²) in [6.07, 6.45) is 1.25. The van der Waals surface area contributed by atoms with Gasteiger partial charge in [0.15, 0.2) is 0 Å². The Labute approximate surface area is 128 Å². The van der Waals surface area contributed by atoms with E-state index in [4.69, 9.17) is 0 Å². The van der Waals surface area contributed by atoms with Crippen molar-refractivity contribution in [2.45, 2.75) is 12.8 Å². The van der Waals surface area contributed by atoms with Gasteiger partial charge in [0.1, 0.15) is 0 Å². The fraction of sp³-hybridized carbons (Fsp3) is 0.118. The van der Waals surface area contributed by atoms with Gasteiger partial charge < -0.3 is 5.41 Å². The number of rotatable bonds is 3. The summed E-state index contributed by atoms with van der Waals surface area (Å²) in [6.45, 7) is 0. The first-order valence-electron chi connectivity index (χ1n) is 6.00. The summed E-state index contributed by atoms with van der Waals surface area (Å²) < 4.78 is 0. The third-order valence-corrected chi connectivity index (χ3v) is 2.60. The molecule has 0 bridgehead atoms. The van der Waals surface area contributed by atoms with Crippen LogP contribution in [0, 0.1) is 11.8 Å². The summed E-state index contributed by atoms with van der Waals surface area (Å²) >= 11 is 0. The number of benzene rings is 2. The molecular weight excluding hydrogens is 325 g/mol. The molecule has 19 heavy (non-hydrogen) atoms. The summed E-state index contributed by atoms with van der Waals surface area (Å²) in [7, 11) is 0. The van der Waals surface area contributed by atoms with Gasteiger partial charge in [-0.2, -0.15) is 5.71 Å². The molecule has 0 aliphatic carbocycles. The third kappa shape index (κ3) is 5.23. The molecule has 0 N–H and O–H groups in total. The zero-order chi connectivity index (χ0) is 12.6. The van der Waals surface area contributed by atoms with Gasteiger partial charge >= 0.3 is 20.4 Å². The van der Waals surface area contributed by atoms with E-state index in [0.29, 0.717) is 18.6 Å². The zero-order valence-corrected chi connectivity index (χ0v) is 12.1. The Morgan fingerprint density at radius 3 is 2.11 bits per heavy atom. The van der Waals surface area contributed by atoms with E-state index in [9.17, 15) is 5.41 Å². The molecule has 0 spiro atoms. The van der Waals surface area contributed by atoms with Crippen LogP contribution in [0.2, 0.25) is 0 Å². The van der Waals surface area contributed by atoms with E-state index < -0.39 is 0 Å². The topological polar surface area (TPSA) is 22.3 Å². The Balaban J connectivity index is 0.00000180. The molecule has 0 unspecified atom stereocenters. The molecule has 0 saturated carbocycles. The van der Waals surface area contributed by atoms with Gasteiger partial charge in [-0.3, -0.25) is 0 Å². The minimum atomic E-state index is 0. The first-order chi connectivity index (χ1) is 8.86. The van der Waals surface area contributed by atoms with Gasteiger partial charge in [-0.15, -0.1) is 0 Å². The molecular formula is C17H15NPd. The van der Waals surface area contributed by atoms with Crippen molar-refractivity contribution in [1.82, 2.24) is 0 Å². The van der Waals surface area contributed by atoms with Crippen molar-refractivity contribution in [3.05, 3.63) is 77.2 Å². The summed E-state index contributed by atoms with van der Waals surface area (Å²) in [5.41, 5.74) is 2.29. The van der Waals surface area contributed by atoms with Gasteiger partial charge in [-0.1, -0.05) is 60.4 Å². The van der Waals surface area contributed by atoms with Crippen LogP contribution in [0.5, 0.6) is 0 Å². The van der Waals surface area contributed by atoms with Crippen molar-refractivity contribution in [3.63, 3.8) is 0 Å². The van der Waals surface area contributed by atoms with Crippen LogP contribution < -0.4 is 0 Å². The molecule has 0 saturated heterocycles. The molecule has 0 fully saturated rings. The minimum absolute atomic E-state index is 0. The van der Waals surface area contributed by atoms with E-state index in [1.54, 1.807) is 0 Å². The van der Waals surface area contributed by atoms with Gasteiger partial charge in [0.2, 0.25) is 0 Å². The standard InChI is InChI=1S/C17H14N.Pd.H/c18-17(16-12-5-2-6-13-16)14-8-7-11-15-9-3-1-4-10-15;;/h1-6,9-10,12-13H,8,14H2;;/q-1;+1;. The van der Waals surface area contributed by atoms with Crippen LogP contribution in [-0.2, 0) is 20.4 Å². The fourth-order valence-corrected chi connectivity index (χ4v) is 1.64. The van der Waals surface area contributed by atoms with Crippen molar-refractivity contribution in [2.24, 2.45) is 0 Å². The van der Waals surface area contributed by atoms with Gasteiger partial charge in [0.25, 0.3) is 0 Å². The monoisotopic (exact) mass is 339 g/mol. The maximum absolute atomic E-state index is 9.87. The van der Waals surface area contributed by atoms with Crippen LogP contribution in [0.15, 0.2) is 60.7 Å². The molecule has 0 atom stereocenters. The number of hydrogen-bond acceptors (Lipinski definition) is 0. The second kappa shape index (κ2) is 8.44. The van der Waals surface area contributed by atoms with Crippen molar-refractivity contribution >= 4 is 5.71 Å². The summed E-state index contributed by atoms with van der Waals surface area (Å²) in [6, 6.07) is 19.4. The Kier molecular flexibility index (Phi) is 6.83. The van der Waals surface area contributed by atoms with E-state index in [0.717, 1.165) is 11.1 Å². The molecule has 1 radical (unpaired) electrons. The number of nitrogens with zero attached hydrogens (tertiary/aromatic N) is 1. The first-order valence-corrected chi connectivity index (χ1v) is 6.00. The van der Waals surface area contributed by atoms with E-state index in [-0.39, 0.29) is 20.4 Å². The molecule has 2 heteroatoms. The first kappa shape index (κ1) is 15.4. The molecule has 0 amide bonds. The molecule has 0 heterocycles. The van der Waals surface area contributed by atoms with Crippen molar-refractivity contribution < 1.29 is 20.4 Å². The van der Waals surface area contributed by atoms with Crippen LogP contribution in [0.4, 0.5) is 0 Å². The average molecular weight is 340 g/mol. The average Bonchev–Trinajstić information content (AvgIpc) is 2.45. The van der Waals surface area contributed by atoms with Gasteiger partial charge in [-0.05, 0) is 24.1 Å². The van der Waals surface area contributed by atoms with Gasteiger partial charge in [0, 0.05) is 12.0 Å². The van der Waals surface area contributed by atoms with E-state index >= 15 is 0 Å². The molecule has 2 rings (SSSR count). The van der Waals surface area contributed by atoms with Crippen molar-refractivity contribution in [1.29, 1.82) is 0 Å². The normalized spacial score (nSPS) is 8.84.